The summed E-state index contributed by atoms with van der Waals surface area (Å²) >= 11 is 4.29. The Labute approximate surface area is 175 Å². The van der Waals surface area contributed by atoms with E-state index in [0.29, 0.717) is 5.92 Å². The molecule has 2 N–H and O–H groups in total. The number of halogens is 2. The molecular formula is C16H23I2N5O2. The summed E-state index contributed by atoms with van der Waals surface area (Å²) < 4.78 is 7.39. The van der Waals surface area contributed by atoms with Crippen molar-refractivity contribution in [3.63, 3.8) is 0 Å². The van der Waals surface area contributed by atoms with Gasteiger partial charge in [0.2, 0.25) is 0 Å². The van der Waals surface area contributed by atoms with E-state index in [4.69, 9.17) is 4.74 Å². The lowest BCUT2D eigenvalue weighted by molar-refractivity contribution is 0.0214. The number of nitrogens with zero attached hydrogens (tertiary/aromatic N) is 3. The van der Waals surface area contributed by atoms with Crippen molar-refractivity contribution in [2.45, 2.75) is 45.8 Å². The molecule has 3 heterocycles. The van der Waals surface area contributed by atoms with Crippen molar-refractivity contribution in [3.05, 3.63) is 31.9 Å². The molecule has 25 heavy (non-hydrogen) atoms. The van der Waals surface area contributed by atoms with E-state index >= 15 is 0 Å². The van der Waals surface area contributed by atoms with E-state index in [1.165, 1.54) is 0 Å². The minimum Gasteiger partial charge on any atom is -0.444 e. The molecule has 1 aliphatic rings. The summed E-state index contributed by atoms with van der Waals surface area (Å²) in [4.78, 5) is 28.3. The average Bonchev–Trinajstić information content (AvgIpc) is 3.19. The van der Waals surface area contributed by atoms with Crippen molar-refractivity contribution < 1.29 is 9.53 Å². The molecule has 9 heteroatoms. The van der Waals surface area contributed by atoms with Crippen LogP contribution in [0.1, 0.15) is 46.0 Å². The first-order valence-electron chi connectivity index (χ1n) is 8.00. The van der Waals surface area contributed by atoms with Crippen molar-refractivity contribution in [2.75, 3.05) is 6.54 Å². The molecule has 0 spiro atoms. The number of carbonyl (C=O) groups excluding carboxylic acids is 1. The highest BCUT2D eigenvalue weighted by Gasteiger charge is 2.38. The van der Waals surface area contributed by atoms with E-state index in [1.807, 2.05) is 20.8 Å². The Morgan fingerprint density at radius 3 is 2.52 bits per heavy atom. The van der Waals surface area contributed by atoms with Gasteiger partial charge in [-0.05, 0) is 78.3 Å². The molecule has 0 saturated carbocycles. The lowest BCUT2D eigenvalue weighted by atomic mass is 10.1. The molecule has 0 aromatic carbocycles. The van der Waals surface area contributed by atoms with Gasteiger partial charge in [-0.2, -0.15) is 0 Å². The highest BCUT2D eigenvalue weighted by molar-refractivity contribution is 14.1. The van der Waals surface area contributed by atoms with Crippen LogP contribution in [0.5, 0.6) is 0 Å². The predicted octanol–water partition coefficient (Wildman–Crippen LogP) is 4.35. The molecule has 2 aromatic heterocycles. The zero-order chi connectivity index (χ0) is 18.6. The first-order valence-corrected chi connectivity index (χ1v) is 10.2. The second-order valence-electron chi connectivity index (χ2n) is 6.99. The van der Waals surface area contributed by atoms with Crippen molar-refractivity contribution in [1.29, 1.82) is 0 Å². The zero-order valence-corrected chi connectivity index (χ0v) is 19.0. The second-order valence-corrected chi connectivity index (χ2v) is 9.17. The van der Waals surface area contributed by atoms with E-state index in [-0.39, 0.29) is 12.1 Å². The Morgan fingerprint density at radius 1 is 1.36 bits per heavy atom. The number of amides is 1. The van der Waals surface area contributed by atoms with Gasteiger partial charge in [-0.15, -0.1) is 0 Å². The third-order valence-electron chi connectivity index (χ3n) is 3.48. The van der Waals surface area contributed by atoms with E-state index in [9.17, 15) is 4.79 Å². The molecule has 7 nitrogen and oxygen atoms in total. The van der Waals surface area contributed by atoms with Crippen LogP contribution in [0.3, 0.4) is 0 Å². The van der Waals surface area contributed by atoms with Crippen molar-refractivity contribution in [3.8, 4) is 0 Å². The lowest BCUT2D eigenvalue weighted by Crippen LogP contribution is -2.37. The maximum atomic E-state index is 12.3. The van der Waals surface area contributed by atoms with Gasteiger partial charge in [0.1, 0.15) is 11.4 Å². The molecule has 1 saturated heterocycles. The van der Waals surface area contributed by atoms with Gasteiger partial charge in [0, 0.05) is 18.9 Å². The molecule has 138 valence electrons. The summed E-state index contributed by atoms with van der Waals surface area (Å²) in [6.07, 6.45) is 5.96. The molecule has 1 fully saturated rings. The smallest absolute Gasteiger partial charge is 0.410 e. The number of imidazole rings is 2. The Hall–Kier alpha value is -0.850. The molecular weight excluding hydrogens is 548 g/mol. The Balaban J connectivity index is 0.000000316. The highest BCUT2D eigenvalue weighted by atomic mass is 127. The number of hydrogen-bond donors (Lipinski definition) is 2. The largest absolute Gasteiger partial charge is 0.444 e. The number of ether oxygens (including phenoxy) is 1. The fraction of sp³-hybridized carbons (Fsp3) is 0.562. The van der Waals surface area contributed by atoms with Gasteiger partial charge >= 0.3 is 6.09 Å². The average molecular weight is 571 g/mol. The minimum absolute atomic E-state index is 0.00614. The van der Waals surface area contributed by atoms with Crippen LogP contribution in [0.25, 0.3) is 0 Å². The normalized spacial score (nSPS) is 20.2. The summed E-state index contributed by atoms with van der Waals surface area (Å²) in [7, 11) is 0. The number of rotatable bonds is 1. The summed E-state index contributed by atoms with van der Waals surface area (Å²) in [6.45, 7) is 8.52. The van der Waals surface area contributed by atoms with Crippen LogP contribution < -0.4 is 0 Å². The maximum absolute atomic E-state index is 12.3. The number of nitrogens with one attached hydrogen (secondary N) is 2. The maximum Gasteiger partial charge on any atom is 0.410 e. The number of H-pyrrole nitrogens is 2. The quantitative estimate of drug-likeness (QED) is 0.499. The molecule has 0 radical (unpaired) electrons. The monoisotopic (exact) mass is 571 g/mol. The first kappa shape index (κ1) is 20.5. The van der Waals surface area contributed by atoms with E-state index < -0.39 is 5.60 Å². The number of likely N-dealkylation sites (tertiary alicyclic amines) is 1. The fourth-order valence-corrected chi connectivity index (χ4v) is 3.31. The molecule has 2 atom stereocenters. The van der Waals surface area contributed by atoms with Crippen LogP contribution in [-0.2, 0) is 4.74 Å². The number of aromatic amines is 2. The Bertz CT molecular complexity index is 681. The summed E-state index contributed by atoms with van der Waals surface area (Å²) in [6, 6.07) is -0.00614. The van der Waals surface area contributed by atoms with Crippen LogP contribution >= 0.6 is 45.2 Å². The van der Waals surface area contributed by atoms with Crippen molar-refractivity contribution >= 4 is 51.3 Å². The van der Waals surface area contributed by atoms with Gasteiger partial charge in [0.25, 0.3) is 0 Å². The number of carbonyl (C=O) groups is 1. The number of aromatic nitrogens is 4. The van der Waals surface area contributed by atoms with Crippen LogP contribution in [0.4, 0.5) is 4.79 Å². The van der Waals surface area contributed by atoms with Crippen molar-refractivity contribution in [2.24, 2.45) is 5.92 Å². The summed E-state index contributed by atoms with van der Waals surface area (Å²) in [5, 5.41) is 0. The van der Waals surface area contributed by atoms with Gasteiger partial charge in [-0.25, -0.2) is 14.8 Å². The number of hydrogen-bond acceptors (Lipinski definition) is 4. The van der Waals surface area contributed by atoms with Crippen molar-refractivity contribution in [1.82, 2.24) is 24.8 Å². The van der Waals surface area contributed by atoms with Gasteiger partial charge < -0.3 is 14.7 Å². The van der Waals surface area contributed by atoms with Crippen LogP contribution in [0.2, 0.25) is 0 Å². The molecule has 2 aromatic rings. The SMILES string of the molecule is C[C@H]1C[C@@H](c2ncc(I)[nH]2)N(C(=O)OC(C)(C)C)C1.Ic1ncc[nH]1. The van der Waals surface area contributed by atoms with Crippen LogP contribution in [0.15, 0.2) is 18.6 Å². The Morgan fingerprint density at radius 2 is 2.08 bits per heavy atom. The van der Waals surface area contributed by atoms with Crippen LogP contribution in [0, 0.1) is 13.4 Å². The van der Waals surface area contributed by atoms with Gasteiger partial charge in [0.05, 0.1) is 15.9 Å². The summed E-state index contributed by atoms with van der Waals surface area (Å²) in [5.41, 5.74) is -0.467. The third-order valence-corrected chi connectivity index (χ3v) is 4.62. The van der Waals surface area contributed by atoms with Crippen LogP contribution in [-0.4, -0.2) is 43.1 Å². The molecule has 0 bridgehead atoms. The van der Waals surface area contributed by atoms with Gasteiger partial charge in [-0.1, -0.05) is 6.92 Å². The third kappa shape index (κ3) is 6.42. The standard InChI is InChI=1S/C13H20IN3O2.C3H3IN2/c1-8-5-9(11-15-6-10(14)16-11)17(7-8)12(18)19-13(2,3)4;4-3-5-1-2-6-3/h6,8-9H,5,7H2,1-4H3,(H,15,16);1-2H,(H,5,6)/t8-,9-;/m0./s1. The predicted molar refractivity (Wildman–Crippen MR) is 112 cm³/mol. The fourth-order valence-electron chi connectivity index (χ4n) is 2.56. The molecule has 0 unspecified atom stereocenters. The first-order chi connectivity index (χ1) is 11.7. The topological polar surface area (TPSA) is 86.9 Å². The van der Waals surface area contributed by atoms with Gasteiger partial charge in [0.15, 0.2) is 3.83 Å². The highest BCUT2D eigenvalue weighted by Crippen LogP contribution is 2.34. The van der Waals surface area contributed by atoms with E-state index in [2.05, 4.69) is 72.0 Å². The molecule has 1 aliphatic heterocycles. The molecule has 0 aliphatic carbocycles. The molecule has 3 rings (SSSR count). The minimum atomic E-state index is -0.467. The van der Waals surface area contributed by atoms with E-state index in [1.54, 1.807) is 23.5 Å². The molecule has 1 amide bonds. The second kappa shape index (κ2) is 8.69. The summed E-state index contributed by atoms with van der Waals surface area (Å²) in [5.74, 6) is 1.31. The lowest BCUT2D eigenvalue weighted by Gasteiger charge is -2.27. The van der Waals surface area contributed by atoms with Gasteiger partial charge in [-0.3, -0.25) is 4.90 Å². The zero-order valence-electron chi connectivity index (χ0n) is 14.7. The van der Waals surface area contributed by atoms with E-state index in [0.717, 1.165) is 26.3 Å². The Kier molecular flexibility index (Phi) is 7.11.